The molecule has 1 atom stereocenters. The maximum Gasteiger partial charge on any atom is 0.270 e. The van der Waals surface area contributed by atoms with Gasteiger partial charge in [-0.2, -0.15) is 5.26 Å². The first-order chi connectivity index (χ1) is 6.56. The first-order valence-electron chi connectivity index (χ1n) is 3.92. The van der Waals surface area contributed by atoms with E-state index in [0.29, 0.717) is 5.56 Å². The van der Waals surface area contributed by atoms with Crippen LogP contribution in [0.2, 0.25) is 0 Å². The van der Waals surface area contributed by atoms with E-state index in [1.165, 1.54) is 19.1 Å². The third-order valence-corrected chi connectivity index (χ3v) is 1.82. The van der Waals surface area contributed by atoms with Crippen LogP contribution >= 0.6 is 0 Å². The second-order valence-electron chi connectivity index (χ2n) is 2.82. The number of aliphatic hydroxyl groups excluding tert-OH is 1. The number of hydrogen-bond acceptors (Lipinski definition) is 4. The number of nitro benzene ring substituents is 1. The van der Waals surface area contributed by atoms with Gasteiger partial charge in [0.05, 0.1) is 22.7 Å². The summed E-state index contributed by atoms with van der Waals surface area (Å²) in [6.45, 7) is 1.50. The zero-order chi connectivity index (χ0) is 10.7. The Hall–Kier alpha value is -1.93. The Morgan fingerprint density at radius 1 is 1.64 bits per heavy atom. The molecule has 0 amide bonds. The van der Waals surface area contributed by atoms with Gasteiger partial charge in [-0.15, -0.1) is 0 Å². The fourth-order valence-corrected chi connectivity index (χ4v) is 1.12. The molecule has 0 heterocycles. The Morgan fingerprint density at radius 3 is 2.71 bits per heavy atom. The number of nitrogens with zero attached hydrogens (tertiary/aromatic N) is 2. The van der Waals surface area contributed by atoms with Gasteiger partial charge in [0.25, 0.3) is 5.69 Å². The molecule has 5 nitrogen and oxygen atoms in total. The average molecular weight is 192 g/mol. The molecule has 0 fully saturated rings. The first kappa shape index (κ1) is 10.2. The summed E-state index contributed by atoms with van der Waals surface area (Å²) >= 11 is 0. The smallest absolute Gasteiger partial charge is 0.270 e. The molecule has 0 saturated carbocycles. The van der Waals surface area contributed by atoms with Crippen molar-refractivity contribution in [2.75, 3.05) is 0 Å². The molecule has 1 aromatic carbocycles. The van der Waals surface area contributed by atoms with Crippen LogP contribution in [0.4, 0.5) is 5.69 Å². The Balaban J connectivity index is 3.27. The summed E-state index contributed by atoms with van der Waals surface area (Å²) in [5, 5.41) is 28.3. The van der Waals surface area contributed by atoms with Crippen molar-refractivity contribution >= 4 is 5.69 Å². The van der Waals surface area contributed by atoms with Crippen LogP contribution in [0, 0.1) is 21.4 Å². The summed E-state index contributed by atoms with van der Waals surface area (Å²) in [7, 11) is 0. The number of hydrogen-bond donors (Lipinski definition) is 1. The second kappa shape index (κ2) is 3.85. The van der Waals surface area contributed by atoms with E-state index in [1.807, 2.05) is 6.07 Å². The van der Waals surface area contributed by atoms with E-state index in [0.717, 1.165) is 6.07 Å². The predicted molar refractivity (Wildman–Crippen MR) is 48.4 cm³/mol. The lowest BCUT2D eigenvalue weighted by atomic mass is 10.0. The second-order valence-corrected chi connectivity index (χ2v) is 2.82. The molecule has 1 rings (SSSR count). The summed E-state index contributed by atoms with van der Waals surface area (Å²) in [5.41, 5.74) is 0.387. The van der Waals surface area contributed by atoms with Crippen molar-refractivity contribution in [3.05, 3.63) is 39.4 Å². The van der Waals surface area contributed by atoms with Crippen molar-refractivity contribution in [1.82, 2.24) is 0 Å². The Kier molecular flexibility index (Phi) is 2.79. The van der Waals surface area contributed by atoms with Crippen LogP contribution in [0.5, 0.6) is 0 Å². The number of nitriles is 1. The van der Waals surface area contributed by atoms with Crippen molar-refractivity contribution < 1.29 is 10.0 Å². The Labute approximate surface area is 80.4 Å². The minimum absolute atomic E-state index is 0.134. The summed E-state index contributed by atoms with van der Waals surface area (Å²) in [4.78, 5) is 9.81. The highest BCUT2D eigenvalue weighted by Crippen LogP contribution is 2.22. The third kappa shape index (κ3) is 1.87. The maximum atomic E-state index is 10.4. The molecule has 0 radical (unpaired) electrons. The van der Waals surface area contributed by atoms with Crippen LogP contribution in [0.3, 0.4) is 0 Å². The zero-order valence-electron chi connectivity index (χ0n) is 7.47. The highest BCUT2D eigenvalue weighted by atomic mass is 16.6. The molecule has 0 aliphatic heterocycles. The highest BCUT2D eigenvalue weighted by molar-refractivity contribution is 5.46. The van der Waals surface area contributed by atoms with E-state index in [1.54, 1.807) is 0 Å². The molecule has 1 aromatic rings. The largest absolute Gasteiger partial charge is 0.389 e. The summed E-state index contributed by atoms with van der Waals surface area (Å²) < 4.78 is 0. The summed E-state index contributed by atoms with van der Waals surface area (Å²) in [6.07, 6.45) is -0.801. The van der Waals surface area contributed by atoms with E-state index in [2.05, 4.69) is 0 Å². The van der Waals surface area contributed by atoms with Gasteiger partial charge in [0, 0.05) is 12.1 Å². The molecular formula is C9H8N2O3. The number of nitro groups is 1. The molecule has 0 aliphatic carbocycles. The molecule has 0 bridgehead atoms. The molecule has 0 spiro atoms. The maximum absolute atomic E-state index is 10.4. The molecule has 0 saturated heterocycles. The molecule has 0 aromatic heterocycles. The van der Waals surface area contributed by atoms with Crippen LogP contribution < -0.4 is 0 Å². The number of non-ortho nitro benzene ring substituents is 1. The normalized spacial score (nSPS) is 11.8. The first-order valence-corrected chi connectivity index (χ1v) is 3.92. The summed E-state index contributed by atoms with van der Waals surface area (Å²) in [6, 6.07) is 5.62. The number of aliphatic hydroxyl groups is 1. The fourth-order valence-electron chi connectivity index (χ4n) is 1.12. The van der Waals surface area contributed by atoms with E-state index in [-0.39, 0.29) is 11.3 Å². The van der Waals surface area contributed by atoms with Gasteiger partial charge >= 0.3 is 0 Å². The predicted octanol–water partition coefficient (Wildman–Crippen LogP) is 1.52. The average Bonchev–Trinajstić information content (AvgIpc) is 2.16. The van der Waals surface area contributed by atoms with E-state index in [4.69, 9.17) is 5.26 Å². The van der Waals surface area contributed by atoms with Gasteiger partial charge in [0.2, 0.25) is 0 Å². The van der Waals surface area contributed by atoms with E-state index < -0.39 is 11.0 Å². The minimum atomic E-state index is -0.801. The van der Waals surface area contributed by atoms with Crippen LogP contribution in [0.25, 0.3) is 0 Å². The zero-order valence-corrected chi connectivity index (χ0v) is 7.47. The molecule has 0 aliphatic rings. The molecular weight excluding hydrogens is 184 g/mol. The molecule has 1 N–H and O–H groups in total. The molecule has 72 valence electrons. The van der Waals surface area contributed by atoms with Gasteiger partial charge in [-0.25, -0.2) is 0 Å². The van der Waals surface area contributed by atoms with Crippen molar-refractivity contribution in [3.63, 3.8) is 0 Å². The minimum Gasteiger partial charge on any atom is -0.389 e. The van der Waals surface area contributed by atoms with E-state index in [9.17, 15) is 15.2 Å². The van der Waals surface area contributed by atoms with Crippen LogP contribution in [0.15, 0.2) is 18.2 Å². The Morgan fingerprint density at radius 2 is 2.29 bits per heavy atom. The van der Waals surface area contributed by atoms with Crippen LogP contribution in [0.1, 0.15) is 24.2 Å². The van der Waals surface area contributed by atoms with Gasteiger partial charge in [-0.1, -0.05) is 0 Å². The topological polar surface area (TPSA) is 87.2 Å². The van der Waals surface area contributed by atoms with Gasteiger partial charge < -0.3 is 5.11 Å². The third-order valence-electron chi connectivity index (χ3n) is 1.82. The lowest BCUT2D eigenvalue weighted by Gasteiger charge is -2.05. The quantitative estimate of drug-likeness (QED) is 0.568. The van der Waals surface area contributed by atoms with Gasteiger partial charge in [-0.05, 0) is 18.6 Å². The highest BCUT2D eigenvalue weighted by Gasteiger charge is 2.12. The monoisotopic (exact) mass is 192 g/mol. The van der Waals surface area contributed by atoms with Crippen molar-refractivity contribution in [2.24, 2.45) is 0 Å². The summed E-state index contributed by atoms with van der Waals surface area (Å²) in [5.74, 6) is 0. The van der Waals surface area contributed by atoms with Crippen molar-refractivity contribution in [2.45, 2.75) is 13.0 Å². The van der Waals surface area contributed by atoms with Gasteiger partial charge in [0.15, 0.2) is 0 Å². The fraction of sp³-hybridized carbons (Fsp3) is 0.222. The lowest BCUT2D eigenvalue weighted by Crippen LogP contribution is -1.97. The van der Waals surface area contributed by atoms with Gasteiger partial charge in [-0.3, -0.25) is 10.1 Å². The molecule has 5 heteroatoms. The number of benzene rings is 1. The van der Waals surface area contributed by atoms with Crippen LogP contribution in [-0.2, 0) is 0 Å². The standard InChI is InChI=1S/C9H8N2O3/c1-6(12)9-3-2-8(11(13)14)4-7(9)5-10/h2-4,6,12H,1H3. The lowest BCUT2D eigenvalue weighted by molar-refractivity contribution is -0.384. The van der Waals surface area contributed by atoms with E-state index >= 15 is 0 Å². The SMILES string of the molecule is CC(O)c1ccc([N+](=O)[O-])cc1C#N. The van der Waals surface area contributed by atoms with Crippen molar-refractivity contribution in [3.8, 4) is 6.07 Å². The molecule has 1 unspecified atom stereocenters. The molecule has 14 heavy (non-hydrogen) atoms. The Bertz CT molecular complexity index is 407. The van der Waals surface area contributed by atoms with Crippen LogP contribution in [-0.4, -0.2) is 10.0 Å². The van der Waals surface area contributed by atoms with Gasteiger partial charge in [0.1, 0.15) is 0 Å². The van der Waals surface area contributed by atoms with Crippen molar-refractivity contribution in [1.29, 1.82) is 5.26 Å². The number of rotatable bonds is 2.